The molecule has 1 aromatic heterocycles. The van der Waals surface area contributed by atoms with Crippen LogP contribution in [0, 0.1) is 0 Å². The quantitative estimate of drug-likeness (QED) is 0.896. The van der Waals surface area contributed by atoms with Crippen molar-refractivity contribution in [3.63, 3.8) is 0 Å². The molecule has 19 heavy (non-hydrogen) atoms. The monoisotopic (exact) mass is 278 g/mol. The number of aromatic nitrogens is 2. The van der Waals surface area contributed by atoms with E-state index in [0.29, 0.717) is 10.6 Å². The van der Waals surface area contributed by atoms with Gasteiger partial charge in [0.05, 0.1) is 7.11 Å². The SMILES string of the molecule is COc1cc(NC(=O)c2cccc(Cl)c2)nc(N)n1. The molecule has 0 atom stereocenters. The summed E-state index contributed by atoms with van der Waals surface area (Å²) in [5.74, 6) is 0.201. The molecule has 2 rings (SSSR count). The fourth-order valence-electron chi connectivity index (χ4n) is 1.43. The minimum Gasteiger partial charge on any atom is -0.481 e. The lowest BCUT2D eigenvalue weighted by Crippen LogP contribution is -2.14. The van der Waals surface area contributed by atoms with Crippen LogP contribution < -0.4 is 15.8 Å². The van der Waals surface area contributed by atoms with E-state index in [2.05, 4.69) is 15.3 Å². The van der Waals surface area contributed by atoms with Crippen molar-refractivity contribution >= 4 is 29.3 Å². The van der Waals surface area contributed by atoms with Crippen LogP contribution in [-0.4, -0.2) is 23.0 Å². The lowest BCUT2D eigenvalue weighted by atomic mass is 10.2. The highest BCUT2D eigenvalue weighted by Gasteiger charge is 2.09. The van der Waals surface area contributed by atoms with Gasteiger partial charge < -0.3 is 15.8 Å². The number of nitrogens with two attached hydrogens (primary N) is 1. The number of nitrogens with one attached hydrogen (secondary N) is 1. The molecule has 0 spiro atoms. The minimum absolute atomic E-state index is 0.0146. The number of benzene rings is 1. The second-order valence-electron chi connectivity index (χ2n) is 3.62. The Morgan fingerprint density at radius 2 is 2.16 bits per heavy atom. The molecule has 98 valence electrons. The second kappa shape index (κ2) is 5.53. The molecule has 0 saturated heterocycles. The topological polar surface area (TPSA) is 90.1 Å². The zero-order chi connectivity index (χ0) is 13.8. The standard InChI is InChI=1S/C12H11ClN4O2/c1-19-10-6-9(16-12(14)17-10)15-11(18)7-3-2-4-8(13)5-7/h2-6H,1H3,(H3,14,15,16,17,18). The summed E-state index contributed by atoms with van der Waals surface area (Å²) in [5.41, 5.74) is 5.92. The molecule has 0 aliphatic rings. The number of anilines is 2. The fourth-order valence-corrected chi connectivity index (χ4v) is 1.62. The van der Waals surface area contributed by atoms with Gasteiger partial charge in [-0.25, -0.2) is 0 Å². The van der Waals surface area contributed by atoms with Gasteiger partial charge in [0.15, 0.2) is 0 Å². The van der Waals surface area contributed by atoms with Gasteiger partial charge in [-0.1, -0.05) is 17.7 Å². The van der Waals surface area contributed by atoms with Gasteiger partial charge in [-0.15, -0.1) is 0 Å². The molecule has 1 aromatic carbocycles. The van der Waals surface area contributed by atoms with Crippen LogP contribution in [0.1, 0.15) is 10.4 Å². The molecule has 0 aliphatic heterocycles. The normalized spacial score (nSPS) is 10.0. The van der Waals surface area contributed by atoms with E-state index in [1.54, 1.807) is 24.3 Å². The van der Waals surface area contributed by atoms with Crippen LogP contribution in [0.4, 0.5) is 11.8 Å². The maximum Gasteiger partial charge on any atom is 0.256 e. The lowest BCUT2D eigenvalue weighted by molar-refractivity contribution is 0.102. The van der Waals surface area contributed by atoms with Crippen LogP contribution in [0.2, 0.25) is 5.02 Å². The van der Waals surface area contributed by atoms with Crippen LogP contribution in [0.5, 0.6) is 5.88 Å². The Hall–Kier alpha value is -2.34. The van der Waals surface area contributed by atoms with Gasteiger partial charge in [0, 0.05) is 16.7 Å². The third-order valence-electron chi connectivity index (χ3n) is 2.26. The highest BCUT2D eigenvalue weighted by atomic mass is 35.5. The molecule has 2 aromatic rings. The van der Waals surface area contributed by atoms with Crippen LogP contribution in [0.3, 0.4) is 0 Å². The average molecular weight is 279 g/mol. The van der Waals surface area contributed by atoms with E-state index in [4.69, 9.17) is 22.1 Å². The van der Waals surface area contributed by atoms with E-state index >= 15 is 0 Å². The Labute approximate surface area is 114 Å². The molecule has 0 aliphatic carbocycles. The summed E-state index contributed by atoms with van der Waals surface area (Å²) in [4.78, 5) is 19.7. The van der Waals surface area contributed by atoms with Crippen LogP contribution in [0.25, 0.3) is 0 Å². The van der Waals surface area contributed by atoms with Gasteiger partial charge in [0.2, 0.25) is 11.8 Å². The fraction of sp³-hybridized carbons (Fsp3) is 0.0833. The van der Waals surface area contributed by atoms with Crippen molar-refractivity contribution in [3.8, 4) is 5.88 Å². The first-order valence-electron chi connectivity index (χ1n) is 5.34. The molecule has 0 saturated carbocycles. The van der Waals surface area contributed by atoms with Crippen molar-refractivity contribution in [2.24, 2.45) is 0 Å². The summed E-state index contributed by atoms with van der Waals surface area (Å²) in [6.45, 7) is 0. The first kappa shape index (κ1) is 13.1. The predicted octanol–water partition coefficient (Wildman–Crippen LogP) is 1.97. The van der Waals surface area contributed by atoms with Crippen molar-refractivity contribution in [1.82, 2.24) is 9.97 Å². The number of hydrogen-bond acceptors (Lipinski definition) is 5. The van der Waals surface area contributed by atoms with Crippen molar-refractivity contribution < 1.29 is 9.53 Å². The Balaban J connectivity index is 2.21. The molecule has 0 fully saturated rings. The minimum atomic E-state index is -0.345. The van der Waals surface area contributed by atoms with Crippen molar-refractivity contribution in [2.45, 2.75) is 0 Å². The Morgan fingerprint density at radius 3 is 2.84 bits per heavy atom. The van der Waals surface area contributed by atoms with E-state index in [0.717, 1.165) is 0 Å². The van der Waals surface area contributed by atoms with E-state index in [-0.39, 0.29) is 23.6 Å². The van der Waals surface area contributed by atoms with Gasteiger partial charge in [-0.05, 0) is 18.2 Å². The molecular weight excluding hydrogens is 268 g/mol. The van der Waals surface area contributed by atoms with E-state index < -0.39 is 0 Å². The van der Waals surface area contributed by atoms with Gasteiger partial charge in [0.1, 0.15) is 5.82 Å². The van der Waals surface area contributed by atoms with Gasteiger partial charge in [0.25, 0.3) is 5.91 Å². The molecule has 1 amide bonds. The highest BCUT2D eigenvalue weighted by molar-refractivity contribution is 6.31. The van der Waals surface area contributed by atoms with Gasteiger partial charge in [-0.3, -0.25) is 4.79 Å². The number of rotatable bonds is 3. The molecule has 0 bridgehead atoms. The molecule has 0 radical (unpaired) electrons. The van der Waals surface area contributed by atoms with Crippen LogP contribution in [-0.2, 0) is 0 Å². The zero-order valence-electron chi connectivity index (χ0n) is 10.1. The first-order valence-corrected chi connectivity index (χ1v) is 5.72. The number of amides is 1. The molecular formula is C12H11ClN4O2. The van der Waals surface area contributed by atoms with E-state index in [9.17, 15) is 4.79 Å². The third kappa shape index (κ3) is 3.32. The number of nitrogens with zero attached hydrogens (tertiary/aromatic N) is 2. The van der Waals surface area contributed by atoms with Crippen molar-refractivity contribution in [1.29, 1.82) is 0 Å². The average Bonchev–Trinajstić information content (AvgIpc) is 2.38. The molecule has 1 heterocycles. The predicted molar refractivity (Wildman–Crippen MR) is 72.4 cm³/mol. The third-order valence-corrected chi connectivity index (χ3v) is 2.49. The Bertz CT molecular complexity index is 618. The van der Waals surface area contributed by atoms with Crippen LogP contribution in [0.15, 0.2) is 30.3 Å². The summed E-state index contributed by atoms with van der Waals surface area (Å²) in [5, 5.41) is 3.07. The Morgan fingerprint density at radius 1 is 1.37 bits per heavy atom. The summed E-state index contributed by atoms with van der Waals surface area (Å²) in [6, 6.07) is 8.04. The number of hydrogen-bond donors (Lipinski definition) is 2. The smallest absolute Gasteiger partial charge is 0.256 e. The zero-order valence-corrected chi connectivity index (χ0v) is 10.8. The lowest BCUT2D eigenvalue weighted by Gasteiger charge is -2.07. The maximum atomic E-state index is 12.0. The number of carbonyl (C=O) groups is 1. The van der Waals surface area contributed by atoms with Crippen molar-refractivity contribution in [3.05, 3.63) is 40.9 Å². The van der Waals surface area contributed by atoms with E-state index in [1.807, 2.05) is 0 Å². The Kier molecular flexibility index (Phi) is 3.82. The molecule has 3 N–H and O–H groups in total. The van der Waals surface area contributed by atoms with Gasteiger partial charge >= 0.3 is 0 Å². The summed E-state index contributed by atoms with van der Waals surface area (Å²) in [7, 11) is 1.45. The number of ether oxygens (including phenoxy) is 1. The number of carbonyl (C=O) groups excluding carboxylic acids is 1. The highest BCUT2D eigenvalue weighted by Crippen LogP contribution is 2.16. The first-order chi connectivity index (χ1) is 9.08. The van der Waals surface area contributed by atoms with E-state index in [1.165, 1.54) is 13.2 Å². The molecule has 6 nitrogen and oxygen atoms in total. The maximum absolute atomic E-state index is 12.0. The summed E-state index contributed by atoms with van der Waals surface area (Å²) < 4.78 is 4.94. The van der Waals surface area contributed by atoms with Crippen LogP contribution >= 0.6 is 11.6 Å². The number of nitrogen functional groups attached to an aromatic ring is 1. The molecule has 7 heteroatoms. The number of methoxy groups -OCH3 is 1. The molecule has 0 unspecified atom stereocenters. The second-order valence-corrected chi connectivity index (χ2v) is 4.05. The summed E-state index contributed by atoms with van der Waals surface area (Å²) in [6.07, 6.45) is 0. The van der Waals surface area contributed by atoms with Crippen molar-refractivity contribution in [2.75, 3.05) is 18.2 Å². The summed E-state index contributed by atoms with van der Waals surface area (Å²) >= 11 is 5.82. The van der Waals surface area contributed by atoms with Gasteiger partial charge in [-0.2, -0.15) is 9.97 Å². The number of halogens is 1. The largest absolute Gasteiger partial charge is 0.481 e.